The highest BCUT2D eigenvalue weighted by molar-refractivity contribution is 14.0. The summed E-state index contributed by atoms with van der Waals surface area (Å²) in [6.07, 6.45) is 5.79. The first kappa shape index (κ1) is 22.6. The zero-order chi connectivity index (χ0) is 20.1. The Morgan fingerprint density at radius 2 is 2.00 bits per heavy atom. The molecule has 2 aliphatic rings. The molecule has 10 heteroatoms. The van der Waals surface area contributed by atoms with Gasteiger partial charge in [0.05, 0.1) is 0 Å². The molecule has 2 aliphatic heterocycles. The van der Waals surface area contributed by atoms with Crippen molar-refractivity contribution < 1.29 is 0 Å². The predicted molar refractivity (Wildman–Crippen MR) is 129 cm³/mol. The summed E-state index contributed by atoms with van der Waals surface area (Å²) in [5.41, 5.74) is 0.0368. The second-order valence-electron chi connectivity index (χ2n) is 7.52. The Labute approximate surface area is 194 Å². The van der Waals surface area contributed by atoms with Gasteiger partial charge in [-0.1, -0.05) is 6.07 Å². The highest BCUT2D eigenvalue weighted by atomic mass is 127. The van der Waals surface area contributed by atoms with Crippen molar-refractivity contribution in [3.8, 4) is 0 Å². The lowest BCUT2D eigenvalue weighted by molar-refractivity contribution is 0.370. The fourth-order valence-corrected chi connectivity index (χ4v) is 4.04. The van der Waals surface area contributed by atoms with Crippen LogP contribution < -0.4 is 15.9 Å². The van der Waals surface area contributed by atoms with E-state index in [-0.39, 0.29) is 29.7 Å². The van der Waals surface area contributed by atoms with Crippen LogP contribution in [0.4, 0.5) is 5.82 Å². The van der Waals surface area contributed by atoms with Gasteiger partial charge in [0.2, 0.25) is 0 Å². The van der Waals surface area contributed by atoms with Crippen molar-refractivity contribution in [2.45, 2.75) is 38.8 Å². The lowest BCUT2D eigenvalue weighted by Gasteiger charge is -2.37. The number of pyridine rings is 1. The second-order valence-corrected chi connectivity index (χ2v) is 7.52. The van der Waals surface area contributed by atoms with Crippen molar-refractivity contribution >= 4 is 35.8 Å². The smallest absolute Gasteiger partial charge is 0.345 e. The molecule has 164 valence electrons. The van der Waals surface area contributed by atoms with Gasteiger partial charge in [-0.25, -0.2) is 14.5 Å². The number of aryl methyl sites for hydroxylation is 2. The molecule has 1 saturated heterocycles. The molecule has 1 N–H and O–H groups in total. The van der Waals surface area contributed by atoms with E-state index in [0.717, 1.165) is 82.6 Å². The Morgan fingerprint density at radius 1 is 1.17 bits per heavy atom. The molecule has 0 aliphatic carbocycles. The molecule has 0 bridgehead atoms. The van der Waals surface area contributed by atoms with Gasteiger partial charge < -0.3 is 15.1 Å². The van der Waals surface area contributed by atoms with Gasteiger partial charge in [0.15, 0.2) is 5.96 Å². The van der Waals surface area contributed by atoms with Gasteiger partial charge in [0, 0.05) is 65.5 Å². The van der Waals surface area contributed by atoms with E-state index in [1.54, 1.807) is 4.68 Å². The van der Waals surface area contributed by atoms with Crippen LogP contribution in [0.1, 0.15) is 25.1 Å². The first-order valence-corrected chi connectivity index (χ1v) is 10.5. The van der Waals surface area contributed by atoms with Gasteiger partial charge in [-0.3, -0.25) is 9.56 Å². The van der Waals surface area contributed by atoms with E-state index >= 15 is 0 Å². The van der Waals surface area contributed by atoms with Gasteiger partial charge in [-0.15, -0.1) is 24.0 Å². The van der Waals surface area contributed by atoms with Crippen LogP contribution >= 0.6 is 24.0 Å². The molecule has 0 spiro atoms. The SMILES string of the molecule is CN=C(NCCCn1nc2n(c1=O)CCCC2)N1CCN(c2ccccn2)CC1.I. The van der Waals surface area contributed by atoms with Gasteiger partial charge in [0.1, 0.15) is 11.6 Å². The Hall–Kier alpha value is -2.11. The van der Waals surface area contributed by atoms with E-state index in [2.05, 4.69) is 36.3 Å². The maximum absolute atomic E-state index is 12.4. The molecule has 0 atom stereocenters. The van der Waals surface area contributed by atoms with Crippen LogP contribution in [0.25, 0.3) is 0 Å². The minimum absolute atomic E-state index is 0. The highest BCUT2D eigenvalue weighted by Gasteiger charge is 2.20. The standard InChI is InChI=1S/C20H30N8O.HI/c1-21-19(26-15-13-25(14-16-26)17-7-2-4-9-22-17)23-10-6-12-28-20(29)27-11-5-3-8-18(27)24-28;/h2,4,7,9H,3,5-6,8,10-16H2,1H3,(H,21,23);1H. The molecule has 0 amide bonds. The van der Waals surface area contributed by atoms with Crippen LogP contribution in [0.3, 0.4) is 0 Å². The van der Waals surface area contributed by atoms with Crippen molar-refractivity contribution in [2.75, 3.05) is 44.7 Å². The number of aliphatic imine (C=N–C) groups is 1. The van der Waals surface area contributed by atoms with Crippen LogP contribution in [0, 0.1) is 0 Å². The maximum Gasteiger partial charge on any atom is 0.345 e. The summed E-state index contributed by atoms with van der Waals surface area (Å²) in [5, 5.41) is 7.94. The fourth-order valence-electron chi connectivity index (χ4n) is 4.04. The third-order valence-electron chi connectivity index (χ3n) is 5.63. The molecule has 1 fully saturated rings. The van der Waals surface area contributed by atoms with E-state index in [0.29, 0.717) is 6.54 Å². The molecule has 30 heavy (non-hydrogen) atoms. The number of nitrogens with one attached hydrogen (secondary N) is 1. The zero-order valence-corrected chi connectivity index (χ0v) is 19.9. The molecule has 0 radical (unpaired) electrons. The summed E-state index contributed by atoms with van der Waals surface area (Å²) >= 11 is 0. The van der Waals surface area contributed by atoms with Crippen molar-refractivity contribution in [1.29, 1.82) is 0 Å². The summed E-state index contributed by atoms with van der Waals surface area (Å²) in [6.45, 7) is 5.87. The number of guanidine groups is 1. The molecule has 0 unspecified atom stereocenters. The molecular formula is C20H31IN8O. The van der Waals surface area contributed by atoms with Crippen LogP contribution in [-0.2, 0) is 19.5 Å². The van der Waals surface area contributed by atoms with E-state index in [9.17, 15) is 4.79 Å². The van der Waals surface area contributed by atoms with E-state index in [1.165, 1.54) is 0 Å². The third kappa shape index (κ3) is 5.13. The number of hydrogen-bond acceptors (Lipinski definition) is 5. The zero-order valence-electron chi connectivity index (χ0n) is 17.5. The summed E-state index contributed by atoms with van der Waals surface area (Å²) in [7, 11) is 1.82. The Kier molecular flexibility index (Phi) is 8.11. The monoisotopic (exact) mass is 526 g/mol. The van der Waals surface area contributed by atoms with Crippen molar-refractivity contribution in [2.24, 2.45) is 4.99 Å². The molecule has 0 aromatic carbocycles. The molecule has 9 nitrogen and oxygen atoms in total. The van der Waals surface area contributed by atoms with Crippen LogP contribution in [-0.4, -0.2) is 70.0 Å². The number of fused-ring (bicyclic) bond motifs is 1. The van der Waals surface area contributed by atoms with Crippen molar-refractivity contribution in [3.05, 3.63) is 40.7 Å². The molecule has 2 aromatic heterocycles. The predicted octanol–water partition coefficient (Wildman–Crippen LogP) is 1.18. The minimum Gasteiger partial charge on any atom is -0.356 e. The van der Waals surface area contributed by atoms with E-state index in [4.69, 9.17) is 0 Å². The van der Waals surface area contributed by atoms with Gasteiger partial charge in [-0.2, -0.15) is 5.10 Å². The number of rotatable bonds is 5. The maximum atomic E-state index is 12.4. The largest absolute Gasteiger partial charge is 0.356 e. The van der Waals surface area contributed by atoms with Crippen LogP contribution in [0.5, 0.6) is 0 Å². The summed E-state index contributed by atoms with van der Waals surface area (Å²) in [4.78, 5) is 25.8. The van der Waals surface area contributed by atoms with Crippen LogP contribution in [0.15, 0.2) is 34.2 Å². The number of nitrogens with zero attached hydrogens (tertiary/aromatic N) is 7. The molecular weight excluding hydrogens is 495 g/mol. The van der Waals surface area contributed by atoms with Crippen LogP contribution in [0.2, 0.25) is 0 Å². The highest BCUT2D eigenvalue weighted by Crippen LogP contribution is 2.12. The minimum atomic E-state index is 0. The normalized spacial score (nSPS) is 16.8. The molecule has 4 rings (SSSR count). The number of hydrogen-bond donors (Lipinski definition) is 1. The number of piperazine rings is 1. The summed E-state index contributed by atoms with van der Waals surface area (Å²) in [5.74, 6) is 2.89. The van der Waals surface area contributed by atoms with E-state index < -0.39 is 0 Å². The first-order valence-electron chi connectivity index (χ1n) is 10.5. The lowest BCUT2D eigenvalue weighted by Crippen LogP contribution is -2.52. The molecule has 4 heterocycles. The first-order chi connectivity index (χ1) is 14.3. The average Bonchev–Trinajstić information content (AvgIpc) is 3.10. The topological polar surface area (TPSA) is 83.6 Å². The molecule has 0 saturated carbocycles. The fraction of sp³-hybridized carbons (Fsp3) is 0.600. The summed E-state index contributed by atoms with van der Waals surface area (Å²) in [6, 6.07) is 6.02. The number of aromatic nitrogens is 4. The Balaban J connectivity index is 0.00000256. The van der Waals surface area contributed by atoms with Crippen molar-refractivity contribution in [1.82, 2.24) is 29.5 Å². The Morgan fingerprint density at radius 3 is 2.70 bits per heavy atom. The number of anilines is 1. The molecule has 2 aromatic rings. The third-order valence-corrected chi connectivity index (χ3v) is 5.63. The summed E-state index contributed by atoms with van der Waals surface area (Å²) < 4.78 is 3.45. The van der Waals surface area contributed by atoms with Gasteiger partial charge in [-0.05, 0) is 31.4 Å². The van der Waals surface area contributed by atoms with Gasteiger partial charge in [0.25, 0.3) is 0 Å². The number of halogens is 1. The lowest BCUT2D eigenvalue weighted by atomic mass is 10.2. The average molecular weight is 526 g/mol. The Bertz CT molecular complexity index is 886. The van der Waals surface area contributed by atoms with Gasteiger partial charge >= 0.3 is 5.69 Å². The second kappa shape index (κ2) is 10.8. The quantitative estimate of drug-likeness (QED) is 0.273. The van der Waals surface area contributed by atoms with Crippen molar-refractivity contribution in [3.63, 3.8) is 0 Å². The van der Waals surface area contributed by atoms with E-state index in [1.807, 2.05) is 29.9 Å².